The Labute approximate surface area is 168 Å². The quantitative estimate of drug-likeness (QED) is 0.734. The fraction of sp³-hybridized carbons (Fsp3) is 0.545. The minimum absolute atomic E-state index is 0.00545. The number of carbonyl (C=O) groups excluding carboxylic acids is 1. The summed E-state index contributed by atoms with van der Waals surface area (Å²) in [5.41, 5.74) is 11.7. The molecule has 152 valence electrons. The number of piperidine rings is 1. The monoisotopic (exact) mass is 383 g/mol. The van der Waals surface area contributed by atoms with Crippen LogP contribution in [0.4, 0.5) is 0 Å². The average Bonchev–Trinajstić information content (AvgIpc) is 2.96. The zero-order chi connectivity index (χ0) is 20.1. The highest BCUT2D eigenvalue weighted by Crippen LogP contribution is 2.19. The predicted molar refractivity (Wildman–Crippen MR) is 112 cm³/mol. The lowest BCUT2D eigenvalue weighted by Gasteiger charge is -2.31. The number of rotatable bonds is 8. The van der Waals surface area contributed by atoms with Crippen molar-refractivity contribution in [3.8, 4) is 0 Å². The van der Waals surface area contributed by atoms with Gasteiger partial charge in [0.1, 0.15) is 0 Å². The second kappa shape index (κ2) is 9.34. The highest BCUT2D eigenvalue weighted by Gasteiger charge is 2.23. The molecule has 2 heterocycles. The van der Waals surface area contributed by atoms with Gasteiger partial charge in [-0.15, -0.1) is 0 Å². The number of nitrogens with two attached hydrogens (primary N) is 1. The molecule has 2 aromatic rings. The van der Waals surface area contributed by atoms with Gasteiger partial charge in [0.25, 0.3) is 0 Å². The number of benzene rings is 1. The van der Waals surface area contributed by atoms with Crippen molar-refractivity contribution in [3.05, 3.63) is 52.3 Å². The third kappa shape index (κ3) is 5.00. The summed E-state index contributed by atoms with van der Waals surface area (Å²) in [4.78, 5) is 13.8. The number of nitrogens with one attached hydrogen (secondary N) is 1. The van der Waals surface area contributed by atoms with Crippen LogP contribution in [0.15, 0.2) is 24.3 Å². The first-order valence-electron chi connectivity index (χ1n) is 10.3. The molecule has 3 rings (SSSR count). The molecule has 0 aliphatic carbocycles. The van der Waals surface area contributed by atoms with E-state index >= 15 is 0 Å². The summed E-state index contributed by atoms with van der Waals surface area (Å²) in [5, 5.41) is 8.15. The molecule has 6 heteroatoms. The number of hydrogen-bond acceptors (Lipinski definition) is 4. The Morgan fingerprint density at radius 1 is 1.29 bits per heavy atom. The number of nitrogens with zero attached hydrogens (tertiary/aromatic N) is 3. The van der Waals surface area contributed by atoms with Gasteiger partial charge in [-0.2, -0.15) is 5.10 Å². The molecule has 0 spiro atoms. The zero-order valence-electron chi connectivity index (χ0n) is 17.4. The predicted octanol–water partition coefficient (Wildman–Crippen LogP) is 2.51. The van der Waals surface area contributed by atoms with E-state index in [2.05, 4.69) is 65.0 Å². The minimum atomic E-state index is -0.167. The fourth-order valence-corrected chi connectivity index (χ4v) is 4.16. The van der Waals surface area contributed by atoms with E-state index in [1.54, 1.807) is 0 Å². The Morgan fingerprint density at radius 3 is 2.79 bits per heavy atom. The topological polar surface area (TPSA) is 76.2 Å². The molecule has 6 nitrogen and oxygen atoms in total. The maximum atomic E-state index is 11.5. The van der Waals surface area contributed by atoms with E-state index in [9.17, 15) is 4.79 Å². The van der Waals surface area contributed by atoms with E-state index in [0.717, 1.165) is 57.8 Å². The maximum Gasteiger partial charge on any atom is 0.221 e. The smallest absolute Gasteiger partial charge is 0.221 e. The molecule has 1 atom stereocenters. The molecule has 1 aliphatic heterocycles. The standard InChI is InChI=1S/C22H33N5O/c1-4-27-17(3)21(16(2)25-27)13-24-12-18-7-5-8-19(11-18)14-26-10-6-9-20(15-26)22(23)28/h5,7-8,11,20,24H,4,6,9-10,12-15H2,1-3H3,(H2,23,28). The Morgan fingerprint density at radius 2 is 2.07 bits per heavy atom. The number of primary amides is 1. The molecule has 1 aromatic heterocycles. The normalized spacial score (nSPS) is 17.8. The number of likely N-dealkylation sites (tertiary alicyclic amines) is 1. The zero-order valence-corrected chi connectivity index (χ0v) is 17.4. The minimum Gasteiger partial charge on any atom is -0.369 e. The van der Waals surface area contributed by atoms with Crippen molar-refractivity contribution in [2.24, 2.45) is 11.7 Å². The van der Waals surface area contributed by atoms with E-state index in [-0.39, 0.29) is 11.8 Å². The first-order valence-corrected chi connectivity index (χ1v) is 10.3. The van der Waals surface area contributed by atoms with E-state index in [4.69, 9.17) is 5.73 Å². The van der Waals surface area contributed by atoms with Crippen molar-refractivity contribution in [2.75, 3.05) is 13.1 Å². The van der Waals surface area contributed by atoms with Gasteiger partial charge in [-0.3, -0.25) is 14.4 Å². The van der Waals surface area contributed by atoms with E-state index in [1.165, 1.54) is 22.4 Å². The summed E-state index contributed by atoms with van der Waals surface area (Å²) in [6.45, 7) is 11.6. The number of carbonyl (C=O) groups is 1. The molecule has 0 saturated carbocycles. The van der Waals surface area contributed by atoms with Crippen LogP contribution >= 0.6 is 0 Å². The van der Waals surface area contributed by atoms with Gasteiger partial charge in [0.15, 0.2) is 0 Å². The molecule has 1 fully saturated rings. The Hall–Kier alpha value is -2.18. The van der Waals surface area contributed by atoms with Gasteiger partial charge in [-0.25, -0.2) is 0 Å². The van der Waals surface area contributed by atoms with E-state index in [1.807, 2.05) is 0 Å². The second-order valence-corrected chi connectivity index (χ2v) is 7.87. The van der Waals surface area contributed by atoms with Gasteiger partial charge in [0.05, 0.1) is 11.6 Å². The fourth-order valence-electron chi connectivity index (χ4n) is 4.16. The molecule has 0 radical (unpaired) electrons. The molecule has 3 N–H and O–H groups in total. The summed E-state index contributed by atoms with van der Waals surface area (Å²) in [5.74, 6) is -0.172. The highest BCUT2D eigenvalue weighted by molar-refractivity contribution is 5.76. The van der Waals surface area contributed by atoms with Crippen LogP contribution in [0.2, 0.25) is 0 Å². The summed E-state index contributed by atoms with van der Waals surface area (Å²) < 4.78 is 2.06. The lowest BCUT2D eigenvalue weighted by molar-refractivity contribution is -0.123. The van der Waals surface area contributed by atoms with Crippen molar-refractivity contribution in [2.45, 2.75) is 59.8 Å². The Balaban J connectivity index is 1.55. The molecule has 1 saturated heterocycles. The largest absolute Gasteiger partial charge is 0.369 e. The molecule has 1 aliphatic rings. The molecule has 1 unspecified atom stereocenters. The van der Waals surface area contributed by atoms with Crippen LogP contribution in [-0.4, -0.2) is 33.7 Å². The number of hydrogen-bond donors (Lipinski definition) is 2. The lowest BCUT2D eigenvalue weighted by Crippen LogP contribution is -2.40. The summed E-state index contributed by atoms with van der Waals surface area (Å²) >= 11 is 0. The van der Waals surface area contributed by atoms with Gasteiger partial charge in [-0.1, -0.05) is 24.3 Å². The molecule has 1 amide bonds. The van der Waals surface area contributed by atoms with Crippen LogP contribution in [0, 0.1) is 19.8 Å². The second-order valence-electron chi connectivity index (χ2n) is 7.87. The van der Waals surface area contributed by atoms with Gasteiger partial charge in [-0.05, 0) is 51.3 Å². The van der Waals surface area contributed by atoms with Crippen molar-refractivity contribution < 1.29 is 4.79 Å². The molecule has 1 aromatic carbocycles. The number of amides is 1. The highest BCUT2D eigenvalue weighted by atomic mass is 16.1. The third-order valence-corrected chi connectivity index (χ3v) is 5.77. The summed E-state index contributed by atoms with van der Waals surface area (Å²) in [6.07, 6.45) is 1.96. The first-order chi connectivity index (χ1) is 13.5. The van der Waals surface area contributed by atoms with Gasteiger partial charge >= 0.3 is 0 Å². The van der Waals surface area contributed by atoms with Crippen molar-refractivity contribution in [1.29, 1.82) is 0 Å². The van der Waals surface area contributed by atoms with Crippen LogP contribution < -0.4 is 11.1 Å². The lowest BCUT2D eigenvalue weighted by atomic mass is 9.97. The Bertz CT molecular complexity index is 813. The van der Waals surface area contributed by atoms with Crippen LogP contribution in [-0.2, 0) is 31.0 Å². The molecule has 28 heavy (non-hydrogen) atoms. The van der Waals surface area contributed by atoms with E-state index in [0.29, 0.717) is 0 Å². The van der Waals surface area contributed by atoms with Gasteiger partial charge < -0.3 is 11.1 Å². The third-order valence-electron chi connectivity index (χ3n) is 5.77. The maximum absolute atomic E-state index is 11.5. The van der Waals surface area contributed by atoms with E-state index < -0.39 is 0 Å². The van der Waals surface area contributed by atoms with Crippen LogP contribution in [0.5, 0.6) is 0 Å². The first kappa shape index (κ1) is 20.6. The van der Waals surface area contributed by atoms with Crippen LogP contribution in [0.25, 0.3) is 0 Å². The van der Waals surface area contributed by atoms with Gasteiger partial charge in [0.2, 0.25) is 5.91 Å². The summed E-state index contributed by atoms with van der Waals surface area (Å²) in [6, 6.07) is 8.70. The van der Waals surface area contributed by atoms with Crippen molar-refractivity contribution in [3.63, 3.8) is 0 Å². The van der Waals surface area contributed by atoms with Crippen LogP contribution in [0.1, 0.15) is 47.8 Å². The Kier molecular flexibility index (Phi) is 6.86. The van der Waals surface area contributed by atoms with Gasteiger partial charge in [0, 0.05) is 44.0 Å². The SMILES string of the molecule is CCn1nc(C)c(CNCc2cccc(CN3CCCC(C(N)=O)C3)c2)c1C. The molecular formula is C22H33N5O. The number of aromatic nitrogens is 2. The molecule has 0 bridgehead atoms. The molecular weight excluding hydrogens is 350 g/mol. The average molecular weight is 384 g/mol. The van der Waals surface area contributed by atoms with Crippen LogP contribution in [0.3, 0.4) is 0 Å². The van der Waals surface area contributed by atoms with Crippen molar-refractivity contribution >= 4 is 5.91 Å². The summed E-state index contributed by atoms with van der Waals surface area (Å²) in [7, 11) is 0. The number of aryl methyl sites for hydroxylation is 2. The van der Waals surface area contributed by atoms with Crippen molar-refractivity contribution in [1.82, 2.24) is 20.0 Å².